The molecule has 0 aliphatic carbocycles. The quantitative estimate of drug-likeness (QED) is 0.460. The molecule has 3 aromatic carbocycles. The topological polar surface area (TPSA) is 75.3 Å². The van der Waals surface area contributed by atoms with Crippen LogP contribution in [0, 0.1) is 20.8 Å². The van der Waals surface area contributed by atoms with Crippen molar-refractivity contribution in [2.75, 3.05) is 10.0 Å². The lowest BCUT2D eigenvalue weighted by Crippen LogP contribution is -2.22. The number of hydrogen-bond donors (Lipinski definition) is 2. The van der Waals surface area contributed by atoms with E-state index in [4.69, 9.17) is 0 Å². The van der Waals surface area contributed by atoms with Gasteiger partial charge in [0.25, 0.3) is 10.0 Å². The molecule has 162 valence electrons. The summed E-state index contributed by atoms with van der Waals surface area (Å²) in [5.41, 5.74) is 4.34. The molecule has 0 fully saturated rings. The Morgan fingerprint density at radius 3 is 2.06 bits per heavy atom. The van der Waals surface area contributed by atoms with Gasteiger partial charge in [-0.15, -0.1) is 11.8 Å². The molecule has 0 aliphatic rings. The average molecular weight is 455 g/mol. The first-order valence-corrected chi connectivity index (χ1v) is 12.2. The summed E-state index contributed by atoms with van der Waals surface area (Å²) >= 11 is 1.47. The fourth-order valence-corrected chi connectivity index (χ4v) is 4.77. The van der Waals surface area contributed by atoms with Crippen molar-refractivity contribution in [2.45, 2.75) is 42.7 Å². The molecule has 0 radical (unpaired) electrons. The molecule has 31 heavy (non-hydrogen) atoms. The van der Waals surface area contributed by atoms with Crippen molar-refractivity contribution < 1.29 is 13.2 Å². The predicted molar refractivity (Wildman–Crippen MR) is 128 cm³/mol. The number of amides is 1. The minimum Gasteiger partial charge on any atom is -0.325 e. The Balaban J connectivity index is 1.63. The van der Waals surface area contributed by atoms with E-state index < -0.39 is 10.0 Å². The summed E-state index contributed by atoms with van der Waals surface area (Å²) in [7, 11) is -3.72. The van der Waals surface area contributed by atoms with Gasteiger partial charge in [0.05, 0.1) is 10.1 Å². The van der Waals surface area contributed by atoms with Crippen LogP contribution in [0.2, 0.25) is 0 Å². The van der Waals surface area contributed by atoms with Gasteiger partial charge in [-0.05, 0) is 87.4 Å². The molecule has 1 atom stereocenters. The zero-order chi connectivity index (χ0) is 22.6. The number of benzene rings is 3. The van der Waals surface area contributed by atoms with Gasteiger partial charge < -0.3 is 5.32 Å². The Morgan fingerprint density at radius 1 is 0.839 bits per heavy atom. The lowest BCUT2D eigenvalue weighted by Gasteiger charge is -2.13. The smallest absolute Gasteiger partial charge is 0.261 e. The van der Waals surface area contributed by atoms with Crippen molar-refractivity contribution in [3.8, 4) is 0 Å². The number of anilines is 2. The van der Waals surface area contributed by atoms with Gasteiger partial charge in [-0.3, -0.25) is 9.52 Å². The molecule has 1 amide bonds. The Hall–Kier alpha value is -2.77. The molecule has 5 nitrogen and oxygen atoms in total. The van der Waals surface area contributed by atoms with Gasteiger partial charge in [-0.25, -0.2) is 8.42 Å². The van der Waals surface area contributed by atoms with Gasteiger partial charge in [0.1, 0.15) is 0 Å². The maximum Gasteiger partial charge on any atom is 0.261 e. The number of thioether (sulfide) groups is 1. The number of sulfonamides is 1. The van der Waals surface area contributed by atoms with E-state index in [0.29, 0.717) is 11.4 Å². The number of aryl methyl sites for hydroxylation is 3. The van der Waals surface area contributed by atoms with E-state index >= 15 is 0 Å². The van der Waals surface area contributed by atoms with Gasteiger partial charge in [0.15, 0.2) is 0 Å². The second kappa shape index (κ2) is 9.58. The Kier molecular flexibility index (Phi) is 7.08. The van der Waals surface area contributed by atoms with Crippen LogP contribution in [-0.2, 0) is 14.8 Å². The molecule has 0 heterocycles. The van der Waals surface area contributed by atoms with Crippen molar-refractivity contribution in [3.63, 3.8) is 0 Å². The van der Waals surface area contributed by atoms with Crippen LogP contribution in [0.4, 0.5) is 11.4 Å². The number of rotatable bonds is 7. The first kappa shape index (κ1) is 22.9. The Morgan fingerprint density at radius 2 is 1.45 bits per heavy atom. The highest BCUT2D eigenvalue weighted by Gasteiger charge is 2.17. The molecule has 3 rings (SSSR count). The molecule has 0 aromatic heterocycles. The summed E-state index contributed by atoms with van der Waals surface area (Å²) in [6, 6.07) is 19.6. The molecule has 2 N–H and O–H groups in total. The van der Waals surface area contributed by atoms with Gasteiger partial charge in [-0.2, -0.15) is 0 Å². The highest BCUT2D eigenvalue weighted by atomic mass is 32.2. The van der Waals surface area contributed by atoms with Crippen LogP contribution in [0.5, 0.6) is 0 Å². The summed E-state index contributed by atoms with van der Waals surface area (Å²) in [4.78, 5) is 13.7. The maximum absolute atomic E-state index is 12.7. The molecule has 7 heteroatoms. The van der Waals surface area contributed by atoms with Crippen LogP contribution in [0.3, 0.4) is 0 Å². The monoisotopic (exact) mass is 454 g/mol. The normalized spacial score (nSPS) is 12.3. The molecule has 0 spiro atoms. The molecule has 0 aliphatic heterocycles. The fraction of sp³-hybridized carbons (Fsp3) is 0.208. The van der Waals surface area contributed by atoms with E-state index in [1.54, 1.807) is 24.3 Å². The number of carbonyl (C=O) groups excluding carboxylic acids is 1. The summed E-state index contributed by atoms with van der Waals surface area (Å²) in [6.07, 6.45) is 0. The van der Waals surface area contributed by atoms with E-state index in [-0.39, 0.29) is 16.1 Å². The highest BCUT2D eigenvalue weighted by Crippen LogP contribution is 2.25. The van der Waals surface area contributed by atoms with Crippen LogP contribution in [0.15, 0.2) is 76.5 Å². The van der Waals surface area contributed by atoms with Crippen molar-refractivity contribution >= 4 is 39.1 Å². The summed E-state index contributed by atoms with van der Waals surface area (Å²) < 4.78 is 27.9. The lowest BCUT2D eigenvalue weighted by molar-refractivity contribution is -0.115. The van der Waals surface area contributed by atoms with Crippen molar-refractivity contribution in [2.24, 2.45) is 0 Å². The minimum absolute atomic E-state index is 0.130. The SMILES string of the molecule is Cc1ccc(S[C@@H](C)C(=O)Nc2ccc(S(=O)(=O)Nc3ccc(C)c(C)c3)cc2)cc1. The standard InChI is InChI=1S/C24H26N2O3S2/c1-16-5-11-22(12-6-16)30-19(4)24(27)25-20-9-13-23(14-10-20)31(28,29)26-21-8-7-17(2)18(3)15-21/h5-15,19,26H,1-4H3,(H,25,27)/t19-/m0/s1. The third-order valence-electron chi connectivity index (χ3n) is 4.89. The van der Waals surface area contributed by atoms with E-state index in [9.17, 15) is 13.2 Å². The third-order valence-corrected chi connectivity index (χ3v) is 7.40. The van der Waals surface area contributed by atoms with E-state index in [0.717, 1.165) is 16.0 Å². The Bertz CT molecular complexity index is 1170. The maximum atomic E-state index is 12.7. The molecule has 0 unspecified atom stereocenters. The molecular formula is C24H26N2O3S2. The molecule has 0 bridgehead atoms. The highest BCUT2D eigenvalue weighted by molar-refractivity contribution is 8.00. The van der Waals surface area contributed by atoms with E-state index in [2.05, 4.69) is 10.0 Å². The van der Waals surface area contributed by atoms with Crippen LogP contribution < -0.4 is 10.0 Å². The van der Waals surface area contributed by atoms with Crippen molar-refractivity contribution in [1.29, 1.82) is 0 Å². The van der Waals surface area contributed by atoms with Gasteiger partial charge in [-0.1, -0.05) is 23.8 Å². The average Bonchev–Trinajstić information content (AvgIpc) is 2.72. The third kappa shape index (κ3) is 6.12. The number of nitrogens with one attached hydrogen (secondary N) is 2. The minimum atomic E-state index is -3.72. The lowest BCUT2D eigenvalue weighted by atomic mass is 10.1. The summed E-state index contributed by atoms with van der Waals surface area (Å²) in [5, 5.41) is 2.55. The fourth-order valence-electron chi connectivity index (χ4n) is 2.85. The molecule has 0 saturated heterocycles. The zero-order valence-electron chi connectivity index (χ0n) is 18.0. The van der Waals surface area contributed by atoms with Gasteiger partial charge >= 0.3 is 0 Å². The Labute approximate surface area is 188 Å². The largest absolute Gasteiger partial charge is 0.325 e. The first-order chi connectivity index (χ1) is 14.6. The van der Waals surface area contributed by atoms with E-state index in [1.807, 2.05) is 58.0 Å². The molecule has 3 aromatic rings. The summed E-state index contributed by atoms with van der Waals surface area (Å²) in [5.74, 6) is -0.144. The predicted octanol–water partition coefficient (Wildman–Crippen LogP) is 5.53. The van der Waals surface area contributed by atoms with Crippen LogP contribution in [0.1, 0.15) is 23.6 Å². The van der Waals surface area contributed by atoms with Gasteiger partial charge in [0.2, 0.25) is 5.91 Å². The number of hydrogen-bond acceptors (Lipinski definition) is 4. The van der Waals surface area contributed by atoms with Crippen molar-refractivity contribution in [1.82, 2.24) is 0 Å². The summed E-state index contributed by atoms with van der Waals surface area (Å²) in [6.45, 7) is 7.77. The van der Waals surface area contributed by atoms with Crippen molar-refractivity contribution in [3.05, 3.63) is 83.4 Å². The zero-order valence-corrected chi connectivity index (χ0v) is 19.6. The molecule has 0 saturated carbocycles. The number of carbonyl (C=O) groups is 1. The second-order valence-electron chi connectivity index (χ2n) is 7.49. The van der Waals surface area contributed by atoms with Crippen LogP contribution in [0.25, 0.3) is 0 Å². The first-order valence-electron chi connectivity index (χ1n) is 9.88. The van der Waals surface area contributed by atoms with Crippen LogP contribution >= 0.6 is 11.8 Å². The van der Waals surface area contributed by atoms with Gasteiger partial charge in [0, 0.05) is 16.3 Å². The van der Waals surface area contributed by atoms with Crippen LogP contribution in [-0.4, -0.2) is 19.6 Å². The molecular weight excluding hydrogens is 428 g/mol. The second-order valence-corrected chi connectivity index (χ2v) is 10.6. The van der Waals surface area contributed by atoms with E-state index in [1.165, 1.54) is 29.5 Å².